The normalized spacial score (nSPS) is 10.9. The number of aryl methyl sites for hydroxylation is 2. The van der Waals surface area contributed by atoms with Crippen molar-refractivity contribution in [3.8, 4) is 0 Å². The molecule has 7 heteroatoms. The predicted molar refractivity (Wildman–Crippen MR) is 81.4 cm³/mol. The second-order valence-electron chi connectivity index (χ2n) is 4.27. The minimum atomic E-state index is -0.619. The van der Waals surface area contributed by atoms with Gasteiger partial charge in [0.15, 0.2) is 5.82 Å². The zero-order chi connectivity index (χ0) is 14.9. The minimum absolute atomic E-state index is 0.0220. The molecular formula is C13H13Cl3FN3. The van der Waals surface area contributed by atoms with Crippen LogP contribution in [0.3, 0.4) is 0 Å². The van der Waals surface area contributed by atoms with E-state index >= 15 is 0 Å². The van der Waals surface area contributed by atoms with Crippen LogP contribution in [0.5, 0.6) is 0 Å². The molecule has 0 fully saturated rings. The van der Waals surface area contributed by atoms with Gasteiger partial charge in [0.25, 0.3) is 0 Å². The highest BCUT2D eigenvalue weighted by molar-refractivity contribution is 6.35. The maximum Gasteiger partial charge on any atom is 0.160 e. The van der Waals surface area contributed by atoms with E-state index in [1.807, 2.05) is 18.5 Å². The van der Waals surface area contributed by atoms with E-state index in [2.05, 4.69) is 10.4 Å². The SMILES string of the molecule is CCn1nc(C)c(Cl)c1CNc1cc(Cl)c(F)c(Cl)c1. The van der Waals surface area contributed by atoms with Crippen LogP contribution in [0.2, 0.25) is 15.1 Å². The van der Waals surface area contributed by atoms with Gasteiger partial charge in [0.2, 0.25) is 0 Å². The molecule has 0 bridgehead atoms. The number of hydrogen-bond acceptors (Lipinski definition) is 2. The van der Waals surface area contributed by atoms with E-state index < -0.39 is 5.82 Å². The largest absolute Gasteiger partial charge is 0.379 e. The lowest BCUT2D eigenvalue weighted by atomic mass is 10.3. The summed E-state index contributed by atoms with van der Waals surface area (Å²) in [5, 5.41) is 8.02. The van der Waals surface area contributed by atoms with Crippen LogP contribution < -0.4 is 5.32 Å². The third-order valence-electron chi connectivity index (χ3n) is 2.90. The molecule has 1 heterocycles. The fourth-order valence-corrected chi connectivity index (χ4v) is 2.57. The average molecular weight is 337 g/mol. The Bertz CT molecular complexity index is 617. The maximum absolute atomic E-state index is 13.3. The molecule has 0 unspecified atom stereocenters. The van der Waals surface area contributed by atoms with Crippen molar-refractivity contribution in [3.05, 3.63) is 44.4 Å². The summed E-state index contributed by atoms with van der Waals surface area (Å²) >= 11 is 17.7. The second-order valence-corrected chi connectivity index (χ2v) is 5.46. The molecule has 1 aromatic carbocycles. The van der Waals surface area contributed by atoms with Gasteiger partial charge in [-0.2, -0.15) is 5.10 Å². The fourth-order valence-electron chi connectivity index (χ4n) is 1.88. The lowest BCUT2D eigenvalue weighted by molar-refractivity contribution is 0.622. The zero-order valence-electron chi connectivity index (χ0n) is 11.0. The fraction of sp³-hybridized carbons (Fsp3) is 0.308. The van der Waals surface area contributed by atoms with Gasteiger partial charge in [-0.1, -0.05) is 34.8 Å². The van der Waals surface area contributed by atoms with Gasteiger partial charge in [0.05, 0.1) is 33.0 Å². The lowest BCUT2D eigenvalue weighted by Crippen LogP contribution is -2.08. The first kappa shape index (κ1) is 15.4. The van der Waals surface area contributed by atoms with Gasteiger partial charge in [-0.15, -0.1) is 0 Å². The smallest absolute Gasteiger partial charge is 0.160 e. The van der Waals surface area contributed by atoms with E-state index in [4.69, 9.17) is 34.8 Å². The molecule has 0 spiro atoms. The molecule has 0 amide bonds. The maximum atomic E-state index is 13.3. The van der Waals surface area contributed by atoms with Crippen molar-refractivity contribution in [2.75, 3.05) is 5.32 Å². The third kappa shape index (κ3) is 3.03. The highest BCUT2D eigenvalue weighted by atomic mass is 35.5. The molecular weight excluding hydrogens is 324 g/mol. The molecule has 0 radical (unpaired) electrons. The summed E-state index contributed by atoms with van der Waals surface area (Å²) in [6.07, 6.45) is 0. The summed E-state index contributed by atoms with van der Waals surface area (Å²) in [6.45, 7) is 5.00. The predicted octanol–water partition coefficient (Wildman–Crippen LogP) is 4.92. The van der Waals surface area contributed by atoms with Gasteiger partial charge >= 0.3 is 0 Å². The summed E-state index contributed by atoms with van der Waals surface area (Å²) in [6, 6.07) is 2.96. The Hall–Kier alpha value is -0.970. The van der Waals surface area contributed by atoms with Gasteiger partial charge in [0, 0.05) is 12.2 Å². The van der Waals surface area contributed by atoms with Crippen molar-refractivity contribution in [3.63, 3.8) is 0 Å². The van der Waals surface area contributed by atoms with Crippen LogP contribution >= 0.6 is 34.8 Å². The molecule has 0 aliphatic heterocycles. The Labute approximate surface area is 131 Å². The number of nitrogens with one attached hydrogen (secondary N) is 1. The molecule has 108 valence electrons. The van der Waals surface area contributed by atoms with Crippen molar-refractivity contribution in [2.45, 2.75) is 26.9 Å². The van der Waals surface area contributed by atoms with Gasteiger partial charge < -0.3 is 5.32 Å². The summed E-state index contributed by atoms with van der Waals surface area (Å²) in [4.78, 5) is 0. The quantitative estimate of drug-likeness (QED) is 0.803. The number of halogens is 4. The number of nitrogens with zero attached hydrogens (tertiary/aromatic N) is 2. The molecule has 0 atom stereocenters. The van der Waals surface area contributed by atoms with Gasteiger partial charge in [-0.3, -0.25) is 4.68 Å². The lowest BCUT2D eigenvalue weighted by Gasteiger charge is -2.10. The Morgan fingerprint density at radius 2 is 1.85 bits per heavy atom. The number of hydrogen-bond donors (Lipinski definition) is 1. The molecule has 0 aliphatic carbocycles. The first-order valence-corrected chi connectivity index (χ1v) is 7.17. The van der Waals surface area contributed by atoms with Crippen LogP contribution in [0, 0.1) is 12.7 Å². The van der Waals surface area contributed by atoms with E-state index in [-0.39, 0.29) is 10.0 Å². The summed E-state index contributed by atoms with van der Waals surface area (Å²) in [7, 11) is 0. The van der Waals surface area contributed by atoms with Crippen LogP contribution in [0.1, 0.15) is 18.3 Å². The Balaban J connectivity index is 2.21. The van der Waals surface area contributed by atoms with Crippen LogP contribution in [0.25, 0.3) is 0 Å². The third-order valence-corrected chi connectivity index (χ3v) is 3.94. The van der Waals surface area contributed by atoms with E-state index in [0.29, 0.717) is 17.3 Å². The average Bonchev–Trinajstić information content (AvgIpc) is 2.69. The van der Waals surface area contributed by atoms with E-state index in [1.165, 1.54) is 12.1 Å². The van der Waals surface area contributed by atoms with Gasteiger partial charge in [0.1, 0.15) is 0 Å². The summed E-state index contributed by atoms with van der Waals surface area (Å²) < 4.78 is 15.2. The number of benzene rings is 1. The van der Waals surface area contributed by atoms with Gasteiger partial charge in [-0.05, 0) is 26.0 Å². The molecule has 2 rings (SSSR count). The first-order valence-electron chi connectivity index (χ1n) is 6.04. The van der Waals surface area contributed by atoms with Crippen molar-refractivity contribution < 1.29 is 4.39 Å². The van der Waals surface area contributed by atoms with Crippen LogP contribution in [-0.4, -0.2) is 9.78 Å². The summed E-state index contributed by atoms with van der Waals surface area (Å²) in [5.74, 6) is -0.619. The molecule has 0 saturated heterocycles. The van der Waals surface area contributed by atoms with Gasteiger partial charge in [-0.25, -0.2) is 4.39 Å². The second kappa shape index (κ2) is 6.20. The standard InChI is InChI=1S/C13H13Cl3FN3/c1-3-20-11(12(16)7(2)19-20)6-18-8-4-9(14)13(17)10(15)5-8/h4-5,18H,3,6H2,1-2H3. The van der Waals surface area contributed by atoms with E-state index in [9.17, 15) is 4.39 Å². The van der Waals surface area contributed by atoms with Crippen LogP contribution in [0.15, 0.2) is 12.1 Å². The zero-order valence-corrected chi connectivity index (χ0v) is 13.2. The Morgan fingerprint density at radius 3 is 2.40 bits per heavy atom. The van der Waals surface area contributed by atoms with Crippen molar-refractivity contribution >= 4 is 40.5 Å². The highest BCUT2D eigenvalue weighted by Crippen LogP contribution is 2.28. The van der Waals surface area contributed by atoms with Crippen molar-refractivity contribution in [1.82, 2.24) is 9.78 Å². The highest BCUT2D eigenvalue weighted by Gasteiger charge is 2.13. The van der Waals surface area contributed by atoms with E-state index in [0.717, 1.165) is 17.9 Å². The number of anilines is 1. The molecule has 0 saturated carbocycles. The topological polar surface area (TPSA) is 29.9 Å². The molecule has 0 aliphatic rings. The molecule has 1 N–H and O–H groups in total. The number of rotatable bonds is 4. The van der Waals surface area contributed by atoms with Crippen LogP contribution in [0.4, 0.5) is 10.1 Å². The summed E-state index contributed by atoms with van der Waals surface area (Å²) in [5.41, 5.74) is 2.27. The molecule has 1 aromatic heterocycles. The van der Waals surface area contributed by atoms with Crippen molar-refractivity contribution in [1.29, 1.82) is 0 Å². The van der Waals surface area contributed by atoms with Crippen molar-refractivity contribution in [2.24, 2.45) is 0 Å². The molecule has 2 aromatic rings. The van der Waals surface area contributed by atoms with E-state index in [1.54, 1.807) is 0 Å². The van der Waals surface area contributed by atoms with Crippen LogP contribution in [-0.2, 0) is 13.1 Å². The minimum Gasteiger partial charge on any atom is -0.379 e. The first-order chi connectivity index (χ1) is 9.43. The molecule has 20 heavy (non-hydrogen) atoms. The Kier molecular flexibility index (Phi) is 4.78. The Morgan fingerprint density at radius 1 is 1.25 bits per heavy atom. The number of aromatic nitrogens is 2. The molecule has 3 nitrogen and oxygen atoms in total. The monoisotopic (exact) mass is 335 g/mol.